The number of fused-ring (bicyclic) bond motifs is 1. The summed E-state index contributed by atoms with van der Waals surface area (Å²) < 4.78 is 19.0. The number of pyridine rings is 1. The van der Waals surface area contributed by atoms with Crippen LogP contribution in [0.2, 0.25) is 0 Å². The van der Waals surface area contributed by atoms with E-state index >= 15 is 0 Å². The van der Waals surface area contributed by atoms with Gasteiger partial charge in [0.15, 0.2) is 0 Å². The highest BCUT2D eigenvalue weighted by atomic mass is 19.1. The molecule has 142 valence electrons. The standard InChI is InChI=1S/C23H21FN2O2/c24-20-6-4-17(5-7-20)19-10-16(14-26-15-19)13-25-8-9-28-23-3-1-2-18-11-21(27)12-22(18)23/h1-7,10,12,14-15,25,27H,8-9,11,13H2. The van der Waals surface area contributed by atoms with Gasteiger partial charge in [-0.15, -0.1) is 0 Å². The molecule has 0 radical (unpaired) electrons. The third kappa shape index (κ3) is 4.21. The normalized spacial score (nSPS) is 12.5. The number of hydrogen-bond acceptors (Lipinski definition) is 4. The van der Waals surface area contributed by atoms with E-state index in [4.69, 9.17) is 4.74 Å². The van der Waals surface area contributed by atoms with Crippen LogP contribution in [0.1, 0.15) is 16.7 Å². The van der Waals surface area contributed by atoms with Gasteiger partial charge in [0.1, 0.15) is 18.2 Å². The van der Waals surface area contributed by atoms with Gasteiger partial charge in [-0.05, 0) is 47.0 Å². The van der Waals surface area contributed by atoms with Gasteiger partial charge < -0.3 is 15.2 Å². The van der Waals surface area contributed by atoms with Crippen LogP contribution >= 0.6 is 0 Å². The van der Waals surface area contributed by atoms with Crippen molar-refractivity contribution in [2.75, 3.05) is 13.2 Å². The first-order valence-electron chi connectivity index (χ1n) is 9.24. The minimum atomic E-state index is -0.246. The molecule has 0 amide bonds. The maximum absolute atomic E-state index is 13.1. The topological polar surface area (TPSA) is 54.4 Å². The van der Waals surface area contributed by atoms with Crippen LogP contribution in [0.25, 0.3) is 17.2 Å². The molecule has 1 aliphatic rings. The Morgan fingerprint density at radius 3 is 2.79 bits per heavy atom. The van der Waals surface area contributed by atoms with Gasteiger partial charge in [-0.2, -0.15) is 0 Å². The number of ether oxygens (including phenoxy) is 1. The summed E-state index contributed by atoms with van der Waals surface area (Å²) in [6.45, 7) is 1.87. The molecule has 28 heavy (non-hydrogen) atoms. The van der Waals surface area contributed by atoms with Gasteiger partial charge in [0.2, 0.25) is 0 Å². The molecule has 0 saturated carbocycles. The molecule has 5 heteroatoms. The minimum Gasteiger partial charge on any atom is -0.512 e. The van der Waals surface area contributed by atoms with E-state index in [2.05, 4.69) is 10.3 Å². The van der Waals surface area contributed by atoms with Crippen LogP contribution in [0.15, 0.2) is 66.7 Å². The highest BCUT2D eigenvalue weighted by molar-refractivity contribution is 5.67. The van der Waals surface area contributed by atoms with E-state index in [1.165, 1.54) is 12.1 Å². The zero-order valence-corrected chi connectivity index (χ0v) is 15.4. The fourth-order valence-corrected chi connectivity index (χ4v) is 3.30. The van der Waals surface area contributed by atoms with E-state index in [1.807, 2.05) is 30.5 Å². The van der Waals surface area contributed by atoms with E-state index < -0.39 is 0 Å². The molecule has 0 fully saturated rings. The van der Waals surface area contributed by atoms with Gasteiger partial charge in [-0.25, -0.2) is 4.39 Å². The lowest BCUT2D eigenvalue weighted by Gasteiger charge is -2.11. The average Bonchev–Trinajstić information content (AvgIpc) is 3.09. The van der Waals surface area contributed by atoms with Crippen molar-refractivity contribution in [1.29, 1.82) is 0 Å². The Morgan fingerprint density at radius 1 is 1.07 bits per heavy atom. The second-order valence-electron chi connectivity index (χ2n) is 6.76. The summed E-state index contributed by atoms with van der Waals surface area (Å²) in [6, 6.07) is 14.3. The summed E-state index contributed by atoms with van der Waals surface area (Å²) >= 11 is 0. The van der Waals surface area contributed by atoms with Crippen LogP contribution in [-0.4, -0.2) is 23.2 Å². The number of benzene rings is 2. The van der Waals surface area contributed by atoms with E-state index in [0.29, 0.717) is 31.9 Å². The minimum absolute atomic E-state index is 0.246. The smallest absolute Gasteiger partial charge is 0.126 e. The van der Waals surface area contributed by atoms with Gasteiger partial charge in [0, 0.05) is 43.0 Å². The predicted octanol–water partition coefficient (Wildman–Crippen LogP) is 4.51. The molecule has 4 nitrogen and oxygen atoms in total. The number of aliphatic hydroxyl groups is 1. The third-order valence-electron chi connectivity index (χ3n) is 4.68. The average molecular weight is 376 g/mol. The number of aromatic nitrogens is 1. The Balaban J connectivity index is 1.29. The molecule has 0 bridgehead atoms. The summed E-state index contributed by atoms with van der Waals surface area (Å²) in [5.41, 5.74) is 5.01. The quantitative estimate of drug-likeness (QED) is 0.596. The van der Waals surface area contributed by atoms with Crippen LogP contribution in [0, 0.1) is 5.82 Å². The van der Waals surface area contributed by atoms with Crippen molar-refractivity contribution in [3.63, 3.8) is 0 Å². The summed E-state index contributed by atoms with van der Waals surface area (Å²) in [6.07, 6.45) is 5.93. The van der Waals surface area contributed by atoms with Crippen molar-refractivity contribution in [2.24, 2.45) is 0 Å². The molecular weight excluding hydrogens is 355 g/mol. The first-order chi connectivity index (χ1) is 13.7. The van der Waals surface area contributed by atoms with Gasteiger partial charge >= 0.3 is 0 Å². The van der Waals surface area contributed by atoms with E-state index in [-0.39, 0.29) is 5.82 Å². The molecule has 0 aliphatic heterocycles. The fourth-order valence-electron chi connectivity index (χ4n) is 3.30. The van der Waals surface area contributed by atoms with Gasteiger partial charge in [0.05, 0.1) is 5.76 Å². The largest absolute Gasteiger partial charge is 0.512 e. The second-order valence-corrected chi connectivity index (χ2v) is 6.76. The van der Waals surface area contributed by atoms with Crippen molar-refractivity contribution >= 4 is 6.08 Å². The molecule has 3 aromatic rings. The number of hydrogen-bond donors (Lipinski definition) is 2. The van der Waals surface area contributed by atoms with E-state index in [9.17, 15) is 9.50 Å². The molecule has 1 aromatic heterocycles. The van der Waals surface area contributed by atoms with Crippen molar-refractivity contribution in [3.8, 4) is 16.9 Å². The maximum atomic E-state index is 13.1. The second kappa shape index (κ2) is 8.23. The molecule has 2 aromatic carbocycles. The predicted molar refractivity (Wildman–Crippen MR) is 108 cm³/mol. The number of aliphatic hydroxyl groups excluding tert-OH is 1. The summed E-state index contributed by atoms with van der Waals surface area (Å²) in [7, 11) is 0. The molecule has 0 saturated heterocycles. The monoisotopic (exact) mass is 376 g/mol. The van der Waals surface area contributed by atoms with Crippen LogP contribution in [0.5, 0.6) is 5.75 Å². The molecule has 0 atom stereocenters. The highest BCUT2D eigenvalue weighted by Gasteiger charge is 2.15. The summed E-state index contributed by atoms with van der Waals surface area (Å²) in [5, 5.41) is 13.0. The molecule has 0 unspecified atom stereocenters. The van der Waals surface area contributed by atoms with Gasteiger partial charge in [0.25, 0.3) is 0 Å². The van der Waals surface area contributed by atoms with Gasteiger partial charge in [-0.3, -0.25) is 4.98 Å². The number of nitrogens with one attached hydrogen (secondary N) is 1. The highest BCUT2D eigenvalue weighted by Crippen LogP contribution is 2.31. The lowest BCUT2D eigenvalue weighted by molar-refractivity contribution is 0.313. The zero-order valence-electron chi connectivity index (χ0n) is 15.4. The first-order valence-corrected chi connectivity index (χ1v) is 9.24. The van der Waals surface area contributed by atoms with Crippen molar-refractivity contribution in [2.45, 2.75) is 13.0 Å². The Bertz CT molecular complexity index is 1000. The molecule has 4 rings (SSSR count). The summed E-state index contributed by atoms with van der Waals surface area (Å²) in [5.74, 6) is 0.922. The zero-order chi connectivity index (χ0) is 19.3. The Morgan fingerprint density at radius 2 is 1.93 bits per heavy atom. The van der Waals surface area contributed by atoms with Crippen LogP contribution in [0.3, 0.4) is 0 Å². The van der Waals surface area contributed by atoms with Crippen LogP contribution < -0.4 is 10.1 Å². The first kappa shape index (κ1) is 18.2. The van der Waals surface area contributed by atoms with Crippen molar-refractivity contribution < 1.29 is 14.2 Å². The lowest BCUT2D eigenvalue weighted by atomic mass is 10.1. The van der Waals surface area contributed by atoms with Crippen molar-refractivity contribution in [3.05, 3.63) is 89.2 Å². The van der Waals surface area contributed by atoms with Crippen LogP contribution in [0.4, 0.5) is 4.39 Å². The molecule has 0 spiro atoms. The Labute approximate surface area is 163 Å². The Kier molecular flexibility index (Phi) is 5.35. The summed E-state index contributed by atoms with van der Waals surface area (Å²) in [4.78, 5) is 4.28. The number of allylic oxidation sites excluding steroid dienone is 1. The van der Waals surface area contributed by atoms with E-state index in [1.54, 1.807) is 24.4 Å². The molecular formula is C23H21FN2O2. The number of halogens is 1. The van der Waals surface area contributed by atoms with Gasteiger partial charge in [-0.1, -0.05) is 24.3 Å². The molecule has 1 aliphatic carbocycles. The fraction of sp³-hybridized carbons (Fsp3) is 0.174. The molecule has 1 heterocycles. The maximum Gasteiger partial charge on any atom is 0.126 e. The molecule has 2 N–H and O–H groups in total. The Hall–Kier alpha value is -3.18. The van der Waals surface area contributed by atoms with Crippen molar-refractivity contribution in [1.82, 2.24) is 10.3 Å². The SMILES string of the molecule is OC1=Cc2c(cccc2OCCNCc2cncc(-c3ccc(F)cc3)c2)C1. The lowest BCUT2D eigenvalue weighted by Crippen LogP contribution is -2.20. The van der Waals surface area contributed by atoms with E-state index in [0.717, 1.165) is 33.6 Å². The number of rotatable bonds is 7. The third-order valence-corrected chi connectivity index (χ3v) is 4.68. The van der Waals surface area contributed by atoms with Crippen LogP contribution in [-0.2, 0) is 13.0 Å². The number of nitrogens with zero attached hydrogens (tertiary/aromatic N) is 1.